The van der Waals surface area contributed by atoms with Crippen LogP contribution in [0.15, 0.2) is 12.3 Å². The van der Waals surface area contributed by atoms with Crippen molar-refractivity contribution in [1.29, 1.82) is 0 Å². The number of morpholine rings is 1. The lowest BCUT2D eigenvalue weighted by atomic mass is 10.0. The second-order valence-electron chi connectivity index (χ2n) is 4.38. The van der Waals surface area contributed by atoms with Crippen LogP contribution in [0.4, 0.5) is 0 Å². The van der Waals surface area contributed by atoms with Crippen LogP contribution in [0, 0.1) is 0 Å². The van der Waals surface area contributed by atoms with Gasteiger partial charge in [0, 0.05) is 26.3 Å². The van der Waals surface area contributed by atoms with Gasteiger partial charge in [0.15, 0.2) is 5.60 Å². The van der Waals surface area contributed by atoms with Crippen LogP contribution in [0.5, 0.6) is 0 Å². The maximum absolute atomic E-state index is 12.0. The molecule has 2 N–H and O–H groups in total. The van der Waals surface area contributed by atoms with E-state index in [9.17, 15) is 4.79 Å². The molecule has 1 aromatic heterocycles. The first-order valence-electron chi connectivity index (χ1n) is 5.72. The highest BCUT2D eigenvalue weighted by molar-refractivity contribution is 5.85. The number of amides is 1. The number of aromatic nitrogens is 2. The van der Waals surface area contributed by atoms with Crippen molar-refractivity contribution in [3.05, 3.63) is 18.0 Å². The van der Waals surface area contributed by atoms with Crippen molar-refractivity contribution < 1.29 is 9.53 Å². The molecule has 6 nitrogen and oxygen atoms in total. The van der Waals surface area contributed by atoms with Gasteiger partial charge in [-0.3, -0.25) is 9.48 Å². The number of hydrogen-bond acceptors (Lipinski definition) is 4. The number of aryl methyl sites for hydroxylation is 1. The zero-order chi connectivity index (χ0) is 12.3. The molecule has 0 radical (unpaired) electrons. The monoisotopic (exact) mass is 238 g/mol. The van der Waals surface area contributed by atoms with Gasteiger partial charge in [-0.2, -0.15) is 5.10 Å². The Morgan fingerprint density at radius 1 is 1.76 bits per heavy atom. The molecule has 94 valence electrons. The summed E-state index contributed by atoms with van der Waals surface area (Å²) in [6.45, 7) is 4.18. The van der Waals surface area contributed by atoms with E-state index in [-0.39, 0.29) is 5.91 Å². The standard InChI is InChI=1S/C11H18N4O2/c1-11(8-12-5-6-17-11)10(16)13-7-9-3-4-14-15(9)2/h3-4,12H,5-8H2,1-2H3,(H,13,16). The van der Waals surface area contributed by atoms with Gasteiger partial charge < -0.3 is 15.4 Å². The number of ether oxygens (including phenoxy) is 1. The number of carbonyl (C=O) groups excluding carboxylic acids is 1. The number of hydrogen-bond donors (Lipinski definition) is 2. The molecule has 1 aromatic rings. The smallest absolute Gasteiger partial charge is 0.253 e. The third kappa shape index (κ3) is 2.65. The first kappa shape index (κ1) is 12.1. The molecule has 1 aliphatic rings. The van der Waals surface area contributed by atoms with E-state index in [4.69, 9.17) is 4.74 Å². The Labute approximate surface area is 100 Å². The molecule has 6 heteroatoms. The Kier molecular flexibility index (Phi) is 3.44. The first-order chi connectivity index (χ1) is 8.12. The average Bonchev–Trinajstić information content (AvgIpc) is 2.73. The van der Waals surface area contributed by atoms with Gasteiger partial charge >= 0.3 is 0 Å². The van der Waals surface area contributed by atoms with Crippen molar-refractivity contribution in [3.8, 4) is 0 Å². The molecule has 1 fully saturated rings. The highest BCUT2D eigenvalue weighted by Crippen LogP contribution is 2.12. The molecule has 1 unspecified atom stereocenters. The summed E-state index contributed by atoms with van der Waals surface area (Å²) < 4.78 is 7.27. The van der Waals surface area contributed by atoms with E-state index >= 15 is 0 Å². The summed E-state index contributed by atoms with van der Waals surface area (Å²) in [6.07, 6.45) is 1.71. The minimum absolute atomic E-state index is 0.0918. The van der Waals surface area contributed by atoms with E-state index in [0.29, 0.717) is 19.7 Å². The topological polar surface area (TPSA) is 68.2 Å². The van der Waals surface area contributed by atoms with E-state index in [2.05, 4.69) is 15.7 Å². The van der Waals surface area contributed by atoms with Gasteiger partial charge in [0.05, 0.1) is 18.8 Å². The van der Waals surface area contributed by atoms with Crippen LogP contribution in [0.25, 0.3) is 0 Å². The van der Waals surface area contributed by atoms with Gasteiger partial charge in [0.2, 0.25) is 0 Å². The summed E-state index contributed by atoms with van der Waals surface area (Å²) >= 11 is 0. The molecule has 1 amide bonds. The van der Waals surface area contributed by atoms with E-state index in [1.807, 2.05) is 13.1 Å². The van der Waals surface area contributed by atoms with Gasteiger partial charge in [-0.25, -0.2) is 0 Å². The molecule has 0 aromatic carbocycles. The predicted octanol–water partition coefficient (Wildman–Crippen LogP) is -0.585. The summed E-state index contributed by atoms with van der Waals surface area (Å²) in [6, 6.07) is 1.88. The molecule has 2 rings (SSSR count). The van der Waals surface area contributed by atoms with Gasteiger partial charge in [0.1, 0.15) is 0 Å². The Morgan fingerprint density at radius 3 is 3.18 bits per heavy atom. The number of nitrogens with zero attached hydrogens (tertiary/aromatic N) is 2. The SMILES string of the molecule is Cn1nccc1CNC(=O)C1(C)CNCCO1. The van der Waals surface area contributed by atoms with Crippen molar-refractivity contribution in [2.24, 2.45) is 7.05 Å². The first-order valence-corrected chi connectivity index (χ1v) is 5.72. The highest BCUT2D eigenvalue weighted by Gasteiger charge is 2.35. The second-order valence-corrected chi connectivity index (χ2v) is 4.38. The number of carbonyl (C=O) groups is 1. The maximum Gasteiger partial charge on any atom is 0.253 e. The molecule has 1 saturated heterocycles. The average molecular weight is 238 g/mol. The van der Waals surface area contributed by atoms with E-state index < -0.39 is 5.60 Å². The second kappa shape index (κ2) is 4.85. The molecule has 2 heterocycles. The van der Waals surface area contributed by atoms with Crippen molar-refractivity contribution >= 4 is 5.91 Å². The normalized spacial score (nSPS) is 24.6. The Morgan fingerprint density at radius 2 is 2.59 bits per heavy atom. The molecule has 0 aliphatic carbocycles. The van der Waals surface area contributed by atoms with Gasteiger partial charge in [0.25, 0.3) is 5.91 Å². The van der Waals surface area contributed by atoms with Gasteiger partial charge in [-0.1, -0.05) is 0 Å². The van der Waals surface area contributed by atoms with Crippen LogP contribution in [-0.4, -0.2) is 41.0 Å². The van der Waals surface area contributed by atoms with E-state index in [0.717, 1.165) is 12.2 Å². The van der Waals surface area contributed by atoms with Crippen molar-refractivity contribution in [3.63, 3.8) is 0 Å². The summed E-state index contributed by atoms with van der Waals surface area (Å²) in [7, 11) is 1.85. The minimum atomic E-state index is -0.767. The van der Waals surface area contributed by atoms with Crippen LogP contribution in [0.2, 0.25) is 0 Å². The Balaban J connectivity index is 1.91. The van der Waals surface area contributed by atoms with Crippen LogP contribution >= 0.6 is 0 Å². The van der Waals surface area contributed by atoms with Crippen LogP contribution < -0.4 is 10.6 Å². The Hall–Kier alpha value is -1.40. The Bertz CT molecular complexity index is 396. The van der Waals surface area contributed by atoms with Crippen LogP contribution in [0.1, 0.15) is 12.6 Å². The van der Waals surface area contributed by atoms with Gasteiger partial charge in [-0.05, 0) is 13.0 Å². The lowest BCUT2D eigenvalue weighted by molar-refractivity contribution is -0.148. The quantitative estimate of drug-likeness (QED) is 0.739. The minimum Gasteiger partial charge on any atom is -0.363 e. The van der Waals surface area contributed by atoms with Gasteiger partial charge in [-0.15, -0.1) is 0 Å². The third-order valence-electron chi connectivity index (χ3n) is 2.99. The number of nitrogens with one attached hydrogen (secondary N) is 2. The fraction of sp³-hybridized carbons (Fsp3) is 0.636. The summed E-state index contributed by atoms with van der Waals surface area (Å²) in [5.74, 6) is -0.0918. The molecule has 0 saturated carbocycles. The maximum atomic E-state index is 12.0. The lowest BCUT2D eigenvalue weighted by Gasteiger charge is -2.32. The summed E-state index contributed by atoms with van der Waals surface area (Å²) in [4.78, 5) is 12.0. The summed E-state index contributed by atoms with van der Waals surface area (Å²) in [5.41, 5.74) is 0.197. The van der Waals surface area contributed by atoms with E-state index in [1.165, 1.54) is 0 Å². The fourth-order valence-corrected chi connectivity index (χ4v) is 1.80. The zero-order valence-corrected chi connectivity index (χ0v) is 10.2. The molecule has 0 bridgehead atoms. The van der Waals surface area contributed by atoms with Crippen molar-refractivity contribution in [2.75, 3.05) is 19.7 Å². The van der Waals surface area contributed by atoms with Crippen molar-refractivity contribution in [2.45, 2.75) is 19.1 Å². The molecule has 1 aliphatic heterocycles. The predicted molar refractivity (Wildman–Crippen MR) is 62.3 cm³/mol. The molecule has 1 atom stereocenters. The molecule has 17 heavy (non-hydrogen) atoms. The largest absolute Gasteiger partial charge is 0.363 e. The zero-order valence-electron chi connectivity index (χ0n) is 10.2. The fourth-order valence-electron chi connectivity index (χ4n) is 1.80. The summed E-state index contributed by atoms with van der Waals surface area (Å²) in [5, 5.41) is 10.1. The van der Waals surface area contributed by atoms with Crippen LogP contribution in [0.3, 0.4) is 0 Å². The molecule has 0 spiro atoms. The number of rotatable bonds is 3. The van der Waals surface area contributed by atoms with Crippen LogP contribution in [-0.2, 0) is 23.1 Å². The molecular formula is C11H18N4O2. The van der Waals surface area contributed by atoms with E-state index in [1.54, 1.807) is 17.8 Å². The molecular weight excluding hydrogens is 220 g/mol. The highest BCUT2D eigenvalue weighted by atomic mass is 16.5. The van der Waals surface area contributed by atoms with Crippen molar-refractivity contribution in [1.82, 2.24) is 20.4 Å². The lowest BCUT2D eigenvalue weighted by Crippen LogP contribution is -2.56. The third-order valence-corrected chi connectivity index (χ3v) is 2.99.